The molecular formula is C18H15NO2. The number of pyridine rings is 1. The molecule has 2 aromatic carbocycles. The number of esters is 1. The van der Waals surface area contributed by atoms with Gasteiger partial charge in [0.15, 0.2) is 0 Å². The molecule has 0 aliphatic heterocycles. The van der Waals surface area contributed by atoms with Crippen LogP contribution in [0.2, 0.25) is 0 Å². The molecule has 0 bridgehead atoms. The van der Waals surface area contributed by atoms with Crippen LogP contribution in [0.5, 0.6) is 0 Å². The number of methoxy groups -OCH3 is 1. The summed E-state index contributed by atoms with van der Waals surface area (Å²) < 4.78 is 4.80. The van der Waals surface area contributed by atoms with Crippen molar-refractivity contribution in [1.82, 2.24) is 4.98 Å². The van der Waals surface area contributed by atoms with E-state index in [1.54, 1.807) is 12.3 Å². The number of hydrogen-bond donors (Lipinski definition) is 0. The third-order valence-corrected chi connectivity index (χ3v) is 3.51. The first-order valence-electron chi connectivity index (χ1n) is 6.73. The van der Waals surface area contributed by atoms with E-state index >= 15 is 0 Å². The first kappa shape index (κ1) is 13.3. The van der Waals surface area contributed by atoms with Gasteiger partial charge in [0.25, 0.3) is 0 Å². The second kappa shape index (κ2) is 5.37. The van der Waals surface area contributed by atoms with Gasteiger partial charge in [0.1, 0.15) is 0 Å². The summed E-state index contributed by atoms with van der Waals surface area (Å²) in [6.07, 6.45) is 1.80. The van der Waals surface area contributed by atoms with Crippen LogP contribution < -0.4 is 0 Å². The van der Waals surface area contributed by atoms with E-state index < -0.39 is 0 Å². The van der Waals surface area contributed by atoms with Crippen molar-refractivity contribution in [2.24, 2.45) is 0 Å². The highest BCUT2D eigenvalue weighted by atomic mass is 16.5. The van der Waals surface area contributed by atoms with Crippen molar-refractivity contribution < 1.29 is 9.53 Å². The van der Waals surface area contributed by atoms with Crippen LogP contribution >= 0.6 is 0 Å². The minimum absolute atomic E-state index is 0.322. The van der Waals surface area contributed by atoms with Crippen LogP contribution in [0.1, 0.15) is 16.1 Å². The highest BCUT2D eigenvalue weighted by Crippen LogP contribution is 2.29. The van der Waals surface area contributed by atoms with E-state index in [0.717, 1.165) is 27.6 Å². The minimum atomic E-state index is -0.322. The predicted octanol–water partition coefficient (Wildman–Crippen LogP) is 4.00. The molecule has 0 saturated carbocycles. The number of rotatable bonds is 2. The topological polar surface area (TPSA) is 39.2 Å². The normalized spacial score (nSPS) is 10.6. The lowest BCUT2D eigenvalue weighted by Gasteiger charge is -2.09. The summed E-state index contributed by atoms with van der Waals surface area (Å²) in [5, 5.41) is 2.13. The monoisotopic (exact) mass is 277 g/mol. The molecule has 0 aliphatic carbocycles. The van der Waals surface area contributed by atoms with Crippen LogP contribution in [0.4, 0.5) is 0 Å². The maximum Gasteiger partial charge on any atom is 0.337 e. The standard InChI is InChI=1S/C18H15NO2/c1-12-10-14(8-9-19-12)16-5-3-4-13-6-7-15(11-17(13)16)18(20)21-2/h3-11H,1-2H3. The minimum Gasteiger partial charge on any atom is -0.465 e. The first-order chi connectivity index (χ1) is 10.2. The van der Waals surface area contributed by atoms with Gasteiger partial charge in [-0.2, -0.15) is 0 Å². The van der Waals surface area contributed by atoms with Crippen molar-refractivity contribution in [3.05, 3.63) is 66.0 Å². The largest absolute Gasteiger partial charge is 0.465 e. The van der Waals surface area contributed by atoms with Crippen molar-refractivity contribution in [3.63, 3.8) is 0 Å². The van der Waals surface area contributed by atoms with E-state index in [-0.39, 0.29) is 5.97 Å². The number of carbonyl (C=O) groups excluding carboxylic acids is 1. The van der Waals surface area contributed by atoms with Gasteiger partial charge < -0.3 is 4.74 Å². The van der Waals surface area contributed by atoms with Gasteiger partial charge in [-0.1, -0.05) is 24.3 Å². The van der Waals surface area contributed by atoms with Gasteiger partial charge in [-0.15, -0.1) is 0 Å². The molecule has 0 fully saturated rings. The van der Waals surface area contributed by atoms with E-state index in [1.807, 2.05) is 43.3 Å². The van der Waals surface area contributed by atoms with Gasteiger partial charge in [0, 0.05) is 11.9 Å². The second-order valence-corrected chi connectivity index (χ2v) is 4.92. The Morgan fingerprint density at radius 3 is 2.71 bits per heavy atom. The summed E-state index contributed by atoms with van der Waals surface area (Å²) in [6, 6.07) is 15.7. The molecule has 0 unspecified atom stereocenters. The third kappa shape index (κ3) is 2.50. The number of aromatic nitrogens is 1. The molecule has 1 heterocycles. The Morgan fingerprint density at radius 2 is 1.95 bits per heavy atom. The molecule has 3 heteroatoms. The van der Waals surface area contributed by atoms with E-state index in [2.05, 4.69) is 11.1 Å². The molecule has 0 saturated heterocycles. The number of carbonyl (C=O) groups is 1. The SMILES string of the molecule is COC(=O)c1ccc2cccc(-c3ccnc(C)c3)c2c1. The van der Waals surface area contributed by atoms with Crippen molar-refractivity contribution in [2.45, 2.75) is 6.92 Å². The Morgan fingerprint density at radius 1 is 1.10 bits per heavy atom. The Bertz CT molecular complexity index is 824. The molecule has 0 atom stereocenters. The van der Waals surface area contributed by atoms with Crippen LogP contribution in [0.25, 0.3) is 21.9 Å². The Balaban J connectivity index is 2.25. The molecule has 3 nitrogen and oxygen atoms in total. The molecular weight excluding hydrogens is 262 g/mol. The van der Waals surface area contributed by atoms with Gasteiger partial charge in [-0.3, -0.25) is 4.98 Å². The molecule has 3 rings (SSSR count). The molecule has 21 heavy (non-hydrogen) atoms. The summed E-state index contributed by atoms with van der Waals surface area (Å²) >= 11 is 0. The average molecular weight is 277 g/mol. The molecule has 3 aromatic rings. The van der Waals surface area contributed by atoms with Crippen LogP contribution in [-0.4, -0.2) is 18.1 Å². The zero-order valence-electron chi connectivity index (χ0n) is 12.0. The third-order valence-electron chi connectivity index (χ3n) is 3.51. The van der Waals surface area contributed by atoms with Gasteiger partial charge in [-0.25, -0.2) is 4.79 Å². The molecule has 0 N–H and O–H groups in total. The number of hydrogen-bond acceptors (Lipinski definition) is 3. The molecule has 1 aromatic heterocycles. The highest BCUT2D eigenvalue weighted by molar-refractivity contribution is 6.01. The maximum absolute atomic E-state index is 11.7. The number of ether oxygens (including phenoxy) is 1. The van der Waals surface area contributed by atoms with Crippen LogP contribution in [0.15, 0.2) is 54.7 Å². The zero-order valence-corrected chi connectivity index (χ0v) is 12.0. The van der Waals surface area contributed by atoms with Crippen LogP contribution in [0, 0.1) is 6.92 Å². The van der Waals surface area contributed by atoms with Crippen LogP contribution in [-0.2, 0) is 4.74 Å². The Kier molecular flexibility index (Phi) is 3.40. The lowest BCUT2D eigenvalue weighted by atomic mass is 9.97. The summed E-state index contributed by atoms with van der Waals surface area (Å²) in [5.74, 6) is -0.322. The summed E-state index contributed by atoms with van der Waals surface area (Å²) in [6.45, 7) is 1.97. The second-order valence-electron chi connectivity index (χ2n) is 4.92. The summed E-state index contributed by atoms with van der Waals surface area (Å²) in [7, 11) is 1.39. The Hall–Kier alpha value is -2.68. The van der Waals surface area contributed by atoms with Gasteiger partial charge in [0.2, 0.25) is 0 Å². The fourth-order valence-corrected chi connectivity index (χ4v) is 2.48. The molecule has 0 radical (unpaired) electrons. The first-order valence-corrected chi connectivity index (χ1v) is 6.73. The van der Waals surface area contributed by atoms with Crippen LogP contribution in [0.3, 0.4) is 0 Å². The Labute approximate surface area is 123 Å². The fourth-order valence-electron chi connectivity index (χ4n) is 2.48. The van der Waals surface area contributed by atoms with Crippen molar-refractivity contribution in [2.75, 3.05) is 7.11 Å². The van der Waals surface area contributed by atoms with E-state index in [1.165, 1.54) is 7.11 Å². The lowest BCUT2D eigenvalue weighted by molar-refractivity contribution is 0.0601. The quantitative estimate of drug-likeness (QED) is 0.665. The van der Waals surface area contributed by atoms with Crippen molar-refractivity contribution >= 4 is 16.7 Å². The van der Waals surface area contributed by atoms with Gasteiger partial charge >= 0.3 is 5.97 Å². The predicted molar refractivity (Wildman–Crippen MR) is 83.3 cm³/mol. The number of aryl methyl sites for hydroxylation is 1. The molecule has 0 spiro atoms. The summed E-state index contributed by atoms with van der Waals surface area (Å²) in [5.41, 5.74) is 3.70. The average Bonchev–Trinajstić information content (AvgIpc) is 2.53. The smallest absolute Gasteiger partial charge is 0.337 e. The number of benzene rings is 2. The van der Waals surface area contributed by atoms with Gasteiger partial charge in [0.05, 0.1) is 12.7 Å². The highest BCUT2D eigenvalue weighted by Gasteiger charge is 2.09. The van der Waals surface area contributed by atoms with Crippen molar-refractivity contribution in [3.8, 4) is 11.1 Å². The lowest BCUT2D eigenvalue weighted by Crippen LogP contribution is -2.00. The molecule has 0 amide bonds. The molecule has 104 valence electrons. The zero-order chi connectivity index (χ0) is 14.8. The number of nitrogens with zero attached hydrogens (tertiary/aromatic N) is 1. The van der Waals surface area contributed by atoms with Gasteiger partial charge in [-0.05, 0) is 53.1 Å². The van der Waals surface area contributed by atoms with E-state index in [4.69, 9.17) is 4.74 Å². The number of fused-ring (bicyclic) bond motifs is 1. The van der Waals surface area contributed by atoms with E-state index in [9.17, 15) is 4.79 Å². The summed E-state index contributed by atoms with van der Waals surface area (Å²) in [4.78, 5) is 16.0. The van der Waals surface area contributed by atoms with Crippen molar-refractivity contribution in [1.29, 1.82) is 0 Å². The fraction of sp³-hybridized carbons (Fsp3) is 0.111. The molecule has 0 aliphatic rings. The maximum atomic E-state index is 11.7. The van der Waals surface area contributed by atoms with E-state index in [0.29, 0.717) is 5.56 Å².